The van der Waals surface area contributed by atoms with Gasteiger partial charge in [-0.25, -0.2) is 0 Å². The summed E-state index contributed by atoms with van der Waals surface area (Å²) in [5.41, 5.74) is 2.01. The van der Waals surface area contributed by atoms with Crippen LogP contribution in [0.1, 0.15) is 5.56 Å². The van der Waals surface area contributed by atoms with E-state index in [9.17, 15) is 0 Å². The number of benzene rings is 2. The Morgan fingerprint density at radius 3 is 2.87 bits per heavy atom. The van der Waals surface area contributed by atoms with Gasteiger partial charge in [-0.2, -0.15) is 0 Å². The second-order valence-corrected chi connectivity index (χ2v) is 5.42. The molecule has 6 heteroatoms. The number of thiocarbonyl (C=S) groups is 1. The van der Waals surface area contributed by atoms with Crippen LogP contribution >= 0.6 is 12.2 Å². The lowest BCUT2D eigenvalue weighted by Crippen LogP contribution is -2.30. The molecule has 2 aromatic rings. The summed E-state index contributed by atoms with van der Waals surface area (Å²) in [7, 11) is 1.68. The van der Waals surface area contributed by atoms with Crippen LogP contribution in [0.15, 0.2) is 42.5 Å². The van der Waals surface area contributed by atoms with E-state index in [4.69, 9.17) is 26.4 Å². The molecule has 0 spiro atoms. The minimum Gasteiger partial charge on any atom is -0.496 e. The van der Waals surface area contributed by atoms with E-state index >= 15 is 0 Å². The van der Waals surface area contributed by atoms with Gasteiger partial charge in [0.1, 0.15) is 5.75 Å². The van der Waals surface area contributed by atoms with Gasteiger partial charge in [-0.15, -0.1) is 0 Å². The third kappa shape index (κ3) is 3.84. The van der Waals surface area contributed by atoms with Gasteiger partial charge >= 0.3 is 0 Å². The van der Waals surface area contributed by atoms with E-state index in [-0.39, 0.29) is 6.79 Å². The fraction of sp³-hybridized carbons (Fsp3) is 0.235. The van der Waals surface area contributed by atoms with Crippen molar-refractivity contribution in [3.63, 3.8) is 0 Å². The first kappa shape index (κ1) is 15.4. The van der Waals surface area contributed by atoms with Crippen molar-refractivity contribution >= 4 is 23.0 Å². The van der Waals surface area contributed by atoms with E-state index in [0.29, 0.717) is 5.11 Å². The van der Waals surface area contributed by atoms with E-state index in [0.717, 1.165) is 41.5 Å². The largest absolute Gasteiger partial charge is 0.496 e. The summed E-state index contributed by atoms with van der Waals surface area (Å²) in [6, 6.07) is 13.6. The molecule has 1 aliphatic rings. The average Bonchev–Trinajstić information content (AvgIpc) is 3.03. The number of hydrogen-bond donors (Lipinski definition) is 2. The maximum absolute atomic E-state index is 5.35. The molecule has 0 saturated heterocycles. The Kier molecular flexibility index (Phi) is 4.83. The van der Waals surface area contributed by atoms with E-state index in [1.54, 1.807) is 7.11 Å². The molecule has 0 radical (unpaired) electrons. The summed E-state index contributed by atoms with van der Waals surface area (Å²) in [5.74, 6) is 2.38. The van der Waals surface area contributed by atoms with Crippen LogP contribution < -0.4 is 24.8 Å². The van der Waals surface area contributed by atoms with Gasteiger partial charge in [0, 0.05) is 18.3 Å². The highest BCUT2D eigenvalue weighted by Crippen LogP contribution is 2.34. The van der Waals surface area contributed by atoms with Crippen molar-refractivity contribution in [1.82, 2.24) is 5.32 Å². The molecule has 1 heterocycles. The minimum absolute atomic E-state index is 0.264. The molecule has 5 nitrogen and oxygen atoms in total. The Hall–Kier alpha value is -2.47. The Balaban J connectivity index is 1.50. The molecule has 0 unspecified atom stereocenters. The molecule has 2 aromatic carbocycles. The molecule has 23 heavy (non-hydrogen) atoms. The number of nitrogens with one attached hydrogen (secondary N) is 2. The van der Waals surface area contributed by atoms with Crippen molar-refractivity contribution in [2.75, 3.05) is 25.8 Å². The lowest BCUT2D eigenvalue weighted by Gasteiger charge is -2.12. The Morgan fingerprint density at radius 2 is 2.00 bits per heavy atom. The molecule has 0 atom stereocenters. The highest BCUT2D eigenvalue weighted by Gasteiger charge is 2.13. The van der Waals surface area contributed by atoms with E-state index < -0.39 is 0 Å². The summed E-state index contributed by atoms with van der Waals surface area (Å²) >= 11 is 5.32. The number of methoxy groups -OCH3 is 1. The topological polar surface area (TPSA) is 51.8 Å². The van der Waals surface area contributed by atoms with Crippen molar-refractivity contribution in [2.24, 2.45) is 0 Å². The monoisotopic (exact) mass is 330 g/mol. The standard InChI is InChI=1S/C17H18N2O3S/c1-20-14-5-3-2-4-12(14)8-9-18-17(23)19-13-6-7-15-16(10-13)22-11-21-15/h2-7,10H,8-9,11H2,1H3,(H2,18,19,23). The van der Waals surface area contributed by atoms with Crippen molar-refractivity contribution in [3.8, 4) is 17.2 Å². The van der Waals surface area contributed by atoms with Gasteiger partial charge in [-0.3, -0.25) is 0 Å². The molecular weight excluding hydrogens is 312 g/mol. The molecule has 120 valence electrons. The zero-order valence-corrected chi connectivity index (χ0v) is 13.6. The van der Waals surface area contributed by atoms with E-state index in [1.165, 1.54) is 0 Å². The van der Waals surface area contributed by atoms with Crippen LogP contribution in [-0.4, -0.2) is 25.6 Å². The normalized spacial score (nSPS) is 11.9. The second-order valence-electron chi connectivity index (χ2n) is 5.01. The zero-order valence-electron chi connectivity index (χ0n) is 12.8. The quantitative estimate of drug-likeness (QED) is 0.822. The molecule has 0 aliphatic carbocycles. The molecular formula is C17H18N2O3S. The third-order valence-corrected chi connectivity index (χ3v) is 3.75. The smallest absolute Gasteiger partial charge is 0.231 e. The van der Waals surface area contributed by atoms with Crippen molar-refractivity contribution in [1.29, 1.82) is 0 Å². The number of ether oxygens (including phenoxy) is 3. The summed E-state index contributed by atoms with van der Waals surface area (Å²) in [5, 5.41) is 6.90. The summed E-state index contributed by atoms with van der Waals surface area (Å²) in [6.45, 7) is 0.983. The Labute approximate surface area is 140 Å². The van der Waals surface area contributed by atoms with Gasteiger partial charge in [-0.1, -0.05) is 18.2 Å². The maximum atomic E-state index is 5.35. The van der Waals surface area contributed by atoms with Crippen molar-refractivity contribution in [3.05, 3.63) is 48.0 Å². The van der Waals surface area contributed by atoms with E-state index in [1.807, 2.05) is 36.4 Å². The Morgan fingerprint density at radius 1 is 1.17 bits per heavy atom. The van der Waals surface area contributed by atoms with Crippen LogP contribution in [-0.2, 0) is 6.42 Å². The molecule has 0 aromatic heterocycles. The van der Waals surface area contributed by atoms with Gasteiger partial charge < -0.3 is 24.8 Å². The van der Waals surface area contributed by atoms with Gasteiger partial charge in [0.2, 0.25) is 6.79 Å². The zero-order chi connectivity index (χ0) is 16.1. The summed E-state index contributed by atoms with van der Waals surface area (Å²) in [6.07, 6.45) is 0.826. The third-order valence-electron chi connectivity index (χ3n) is 3.50. The molecule has 0 bridgehead atoms. The van der Waals surface area contributed by atoms with E-state index in [2.05, 4.69) is 16.7 Å². The molecule has 2 N–H and O–H groups in total. The van der Waals surface area contributed by atoms with Gasteiger partial charge in [0.05, 0.1) is 7.11 Å². The van der Waals surface area contributed by atoms with Crippen LogP contribution in [0.2, 0.25) is 0 Å². The highest BCUT2D eigenvalue weighted by molar-refractivity contribution is 7.80. The SMILES string of the molecule is COc1ccccc1CCNC(=S)Nc1ccc2c(c1)OCO2. The number of para-hydroxylation sites is 1. The predicted octanol–water partition coefficient (Wildman–Crippen LogP) is 2.95. The number of rotatable bonds is 5. The molecule has 0 amide bonds. The van der Waals surface area contributed by atoms with Gasteiger partial charge in [-0.05, 0) is 42.4 Å². The van der Waals surface area contributed by atoms with Gasteiger partial charge in [0.25, 0.3) is 0 Å². The van der Waals surface area contributed by atoms with Gasteiger partial charge in [0.15, 0.2) is 16.6 Å². The summed E-state index contributed by atoms with van der Waals surface area (Å²) < 4.78 is 16.0. The number of anilines is 1. The van der Waals surface area contributed by atoms with Crippen LogP contribution in [0.25, 0.3) is 0 Å². The number of hydrogen-bond acceptors (Lipinski definition) is 4. The van der Waals surface area contributed by atoms with Crippen LogP contribution in [0.5, 0.6) is 17.2 Å². The molecule has 0 saturated carbocycles. The highest BCUT2D eigenvalue weighted by atomic mass is 32.1. The lowest BCUT2D eigenvalue weighted by atomic mass is 10.1. The Bertz CT molecular complexity index is 706. The maximum Gasteiger partial charge on any atom is 0.231 e. The first-order valence-electron chi connectivity index (χ1n) is 7.32. The minimum atomic E-state index is 0.264. The summed E-state index contributed by atoms with van der Waals surface area (Å²) in [4.78, 5) is 0. The van der Waals surface area contributed by atoms with Crippen molar-refractivity contribution < 1.29 is 14.2 Å². The first-order chi connectivity index (χ1) is 11.3. The second kappa shape index (κ2) is 7.19. The van der Waals surface area contributed by atoms with Crippen molar-refractivity contribution in [2.45, 2.75) is 6.42 Å². The van der Waals surface area contributed by atoms with Crippen LogP contribution in [0, 0.1) is 0 Å². The lowest BCUT2D eigenvalue weighted by molar-refractivity contribution is 0.174. The number of fused-ring (bicyclic) bond motifs is 1. The fourth-order valence-corrected chi connectivity index (χ4v) is 2.59. The molecule has 0 fully saturated rings. The van der Waals surface area contributed by atoms with Crippen LogP contribution in [0.3, 0.4) is 0 Å². The molecule has 1 aliphatic heterocycles. The fourth-order valence-electron chi connectivity index (χ4n) is 2.37. The average molecular weight is 330 g/mol. The predicted molar refractivity (Wildman–Crippen MR) is 93.5 cm³/mol. The molecule has 3 rings (SSSR count). The van der Waals surface area contributed by atoms with Crippen LogP contribution in [0.4, 0.5) is 5.69 Å². The first-order valence-corrected chi connectivity index (χ1v) is 7.73.